The predicted molar refractivity (Wildman–Crippen MR) is 66.7 cm³/mol. The Morgan fingerprint density at radius 3 is 2.11 bits per heavy atom. The quantitative estimate of drug-likeness (QED) is 0.721. The zero-order valence-electron chi connectivity index (χ0n) is 11.1. The molecular formula is C15H22O3. The van der Waals surface area contributed by atoms with Gasteiger partial charge in [-0.2, -0.15) is 0 Å². The molecule has 4 aliphatic rings. The van der Waals surface area contributed by atoms with Gasteiger partial charge in [0.1, 0.15) is 0 Å². The van der Waals surface area contributed by atoms with Crippen LogP contribution >= 0.6 is 0 Å². The molecule has 2 unspecified atom stereocenters. The molecule has 4 rings (SSSR count). The van der Waals surface area contributed by atoms with Gasteiger partial charge in [0.05, 0.1) is 13.2 Å². The molecule has 1 heterocycles. The lowest BCUT2D eigenvalue weighted by Gasteiger charge is -2.25. The van der Waals surface area contributed by atoms with Crippen molar-refractivity contribution in [2.45, 2.75) is 26.1 Å². The molecule has 2 saturated carbocycles. The summed E-state index contributed by atoms with van der Waals surface area (Å²) < 4.78 is 11.9. The molecule has 1 aliphatic heterocycles. The van der Waals surface area contributed by atoms with E-state index in [0.717, 1.165) is 13.2 Å². The molecule has 1 saturated heterocycles. The van der Waals surface area contributed by atoms with E-state index in [2.05, 4.69) is 12.2 Å². The third kappa shape index (κ3) is 1.25. The van der Waals surface area contributed by atoms with Gasteiger partial charge in [0.15, 0.2) is 5.79 Å². The fourth-order valence-corrected chi connectivity index (χ4v) is 4.94. The van der Waals surface area contributed by atoms with Crippen molar-refractivity contribution < 1.29 is 14.6 Å². The molecule has 3 fully saturated rings. The Labute approximate surface area is 108 Å². The summed E-state index contributed by atoms with van der Waals surface area (Å²) in [6, 6.07) is 0. The van der Waals surface area contributed by atoms with Crippen LogP contribution in [0.15, 0.2) is 12.2 Å². The fraction of sp³-hybridized carbons (Fsp3) is 0.867. The van der Waals surface area contributed by atoms with Crippen molar-refractivity contribution in [1.82, 2.24) is 0 Å². The lowest BCUT2D eigenvalue weighted by molar-refractivity contribution is -0.205. The first-order valence-electron chi connectivity index (χ1n) is 7.15. The van der Waals surface area contributed by atoms with Crippen LogP contribution in [-0.2, 0) is 9.47 Å². The minimum absolute atomic E-state index is 0.349. The number of rotatable bonds is 1. The topological polar surface area (TPSA) is 38.7 Å². The van der Waals surface area contributed by atoms with Gasteiger partial charge in [-0.1, -0.05) is 12.2 Å². The van der Waals surface area contributed by atoms with E-state index >= 15 is 0 Å². The second-order valence-electron chi connectivity index (χ2n) is 6.98. The number of allylic oxidation sites excluding steroid dienone is 2. The van der Waals surface area contributed by atoms with E-state index in [4.69, 9.17) is 9.47 Å². The van der Waals surface area contributed by atoms with Crippen molar-refractivity contribution in [3.63, 3.8) is 0 Å². The lowest BCUT2D eigenvalue weighted by Crippen LogP contribution is -2.29. The van der Waals surface area contributed by atoms with Gasteiger partial charge in [-0.05, 0) is 55.3 Å². The Morgan fingerprint density at radius 1 is 1.11 bits per heavy atom. The standard InChI is InChI=1S/C15H22O3/c1-14(2)17-7-10-11(8-18-14)13-4-3-12(10)15(13)5-9(15)6-16/h3-4,9-13,16H,5-8H2,1-2H3/t9?,10-,11+,12-,13+,15?. The molecule has 2 bridgehead atoms. The Balaban J connectivity index is 1.63. The zero-order chi connectivity index (χ0) is 12.5. The van der Waals surface area contributed by atoms with Crippen molar-refractivity contribution in [1.29, 1.82) is 0 Å². The predicted octanol–water partition coefficient (Wildman–Crippen LogP) is 1.82. The summed E-state index contributed by atoms with van der Waals surface area (Å²) in [7, 11) is 0. The molecule has 1 spiro atoms. The fourth-order valence-electron chi connectivity index (χ4n) is 4.94. The number of aliphatic hydroxyl groups excluding tert-OH is 1. The highest BCUT2D eigenvalue weighted by atomic mass is 16.7. The first kappa shape index (κ1) is 11.4. The highest BCUT2D eigenvalue weighted by Gasteiger charge is 2.72. The highest BCUT2D eigenvalue weighted by Crippen LogP contribution is 2.75. The smallest absolute Gasteiger partial charge is 0.162 e. The van der Waals surface area contributed by atoms with Crippen LogP contribution in [0.5, 0.6) is 0 Å². The van der Waals surface area contributed by atoms with Gasteiger partial charge in [-0.15, -0.1) is 0 Å². The summed E-state index contributed by atoms with van der Waals surface area (Å²) in [6.45, 7) is 5.98. The summed E-state index contributed by atoms with van der Waals surface area (Å²) in [5.41, 5.74) is 0.373. The van der Waals surface area contributed by atoms with Crippen LogP contribution < -0.4 is 0 Å². The van der Waals surface area contributed by atoms with Gasteiger partial charge in [-0.3, -0.25) is 0 Å². The van der Waals surface area contributed by atoms with Gasteiger partial charge in [0.25, 0.3) is 0 Å². The summed E-state index contributed by atoms with van der Waals surface area (Å²) >= 11 is 0. The van der Waals surface area contributed by atoms with Crippen LogP contribution in [0.25, 0.3) is 0 Å². The van der Waals surface area contributed by atoms with E-state index in [1.807, 2.05) is 13.8 Å². The molecule has 0 radical (unpaired) electrons. The minimum atomic E-state index is -0.434. The molecule has 18 heavy (non-hydrogen) atoms. The van der Waals surface area contributed by atoms with Crippen molar-refractivity contribution in [3.8, 4) is 0 Å². The molecule has 0 aromatic heterocycles. The Hall–Kier alpha value is -0.380. The molecule has 100 valence electrons. The van der Waals surface area contributed by atoms with Gasteiger partial charge >= 0.3 is 0 Å². The van der Waals surface area contributed by atoms with Crippen molar-refractivity contribution in [2.75, 3.05) is 19.8 Å². The number of hydrogen-bond acceptors (Lipinski definition) is 3. The van der Waals surface area contributed by atoms with E-state index in [0.29, 0.717) is 41.6 Å². The summed E-state index contributed by atoms with van der Waals surface area (Å²) in [4.78, 5) is 0. The van der Waals surface area contributed by atoms with Gasteiger partial charge in [-0.25, -0.2) is 0 Å². The van der Waals surface area contributed by atoms with E-state index in [1.54, 1.807) is 0 Å². The molecule has 0 amide bonds. The first-order chi connectivity index (χ1) is 8.58. The maximum atomic E-state index is 9.48. The third-order valence-electron chi connectivity index (χ3n) is 5.91. The van der Waals surface area contributed by atoms with Crippen LogP contribution in [0.3, 0.4) is 0 Å². The Morgan fingerprint density at radius 2 is 1.67 bits per heavy atom. The number of hydrogen-bond donors (Lipinski definition) is 1. The minimum Gasteiger partial charge on any atom is -0.396 e. The largest absolute Gasteiger partial charge is 0.396 e. The second kappa shape index (κ2) is 3.38. The van der Waals surface area contributed by atoms with Gasteiger partial charge in [0.2, 0.25) is 0 Å². The summed E-state index contributed by atoms with van der Waals surface area (Å²) in [5.74, 6) is 2.50. The number of ether oxygens (including phenoxy) is 2. The summed E-state index contributed by atoms with van der Waals surface area (Å²) in [6.07, 6.45) is 5.98. The third-order valence-corrected chi connectivity index (χ3v) is 5.91. The second-order valence-corrected chi connectivity index (χ2v) is 6.98. The molecule has 6 atom stereocenters. The van der Waals surface area contributed by atoms with Crippen LogP contribution in [0, 0.1) is 35.0 Å². The normalized spacial score (nSPS) is 55.6. The van der Waals surface area contributed by atoms with E-state index in [-0.39, 0.29) is 0 Å². The SMILES string of the molecule is CC1(C)OC[C@@H]2[C@H](CO1)[C@@H]1C=C[C@H]2C12CC2CO. The van der Waals surface area contributed by atoms with Crippen LogP contribution in [0.1, 0.15) is 20.3 Å². The number of aliphatic hydroxyl groups is 1. The highest BCUT2D eigenvalue weighted by molar-refractivity contribution is 5.31. The van der Waals surface area contributed by atoms with Crippen LogP contribution in [0.2, 0.25) is 0 Å². The van der Waals surface area contributed by atoms with Gasteiger partial charge in [0, 0.05) is 6.61 Å². The average Bonchev–Trinajstić information content (AvgIpc) is 2.94. The zero-order valence-corrected chi connectivity index (χ0v) is 11.1. The maximum absolute atomic E-state index is 9.48. The van der Waals surface area contributed by atoms with Crippen molar-refractivity contribution >= 4 is 0 Å². The maximum Gasteiger partial charge on any atom is 0.162 e. The van der Waals surface area contributed by atoms with Crippen LogP contribution in [0.4, 0.5) is 0 Å². The molecule has 1 N–H and O–H groups in total. The van der Waals surface area contributed by atoms with E-state index in [1.165, 1.54) is 6.42 Å². The van der Waals surface area contributed by atoms with Crippen molar-refractivity contribution in [3.05, 3.63) is 12.2 Å². The molecule has 0 aromatic carbocycles. The summed E-state index contributed by atoms with van der Waals surface area (Å²) in [5, 5.41) is 9.48. The lowest BCUT2D eigenvalue weighted by atomic mass is 9.84. The van der Waals surface area contributed by atoms with Gasteiger partial charge < -0.3 is 14.6 Å². The molecule has 3 aliphatic carbocycles. The first-order valence-corrected chi connectivity index (χ1v) is 7.15. The number of fused-ring (bicyclic) bond motifs is 3. The monoisotopic (exact) mass is 250 g/mol. The Bertz CT molecular complexity index is 375. The van der Waals surface area contributed by atoms with E-state index < -0.39 is 5.79 Å². The van der Waals surface area contributed by atoms with E-state index in [9.17, 15) is 5.11 Å². The van der Waals surface area contributed by atoms with Crippen molar-refractivity contribution in [2.24, 2.45) is 35.0 Å². The molecule has 3 nitrogen and oxygen atoms in total. The Kier molecular flexibility index (Phi) is 2.15. The average molecular weight is 250 g/mol. The molecular weight excluding hydrogens is 228 g/mol. The van der Waals surface area contributed by atoms with Crippen LogP contribution in [-0.4, -0.2) is 30.7 Å². The molecule has 3 heteroatoms. The molecule has 0 aromatic rings.